The molecule has 1 saturated heterocycles. The number of fused-ring (bicyclic) bond motifs is 1. The number of carbonyl (C=O) groups excluding carboxylic acids is 1. The van der Waals surface area contributed by atoms with E-state index in [1.807, 2.05) is 30.3 Å². The van der Waals surface area contributed by atoms with E-state index in [0.717, 1.165) is 41.1 Å². The van der Waals surface area contributed by atoms with Crippen molar-refractivity contribution < 1.29 is 9.53 Å². The first kappa shape index (κ1) is 23.3. The van der Waals surface area contributed by atoms with E-state index in [0.29, 0.717) is 30.5 Å². The highest BCUT2D eigenvalue weighted by atomic mass is 16.5. The zero-order valence-corrected chi connectivity index (χ0v) is 19.6. The van der Waals surface area contributed by atoms with Gasteiger partial charge in [0.05, 0.1) is 35.8 Å². The fourth-order valence-electron chi connectivity index (χ4n) is 4.02. The third-order valence-corrected chi connectivity index (χ3v) is 5.83. The minimum atomic E-state index is -0.286. The molecule has 1 aliphatic rings. The summed E-state index contributed by atoms with van der Waals surface area (Å²) >= 11 is 0. The van der Waals surface area contributed by atoms with Crippen LogP contribution in [0, 0.1) is 0 Å². The first-order valence-corrected chi connectivity index (χ1v) is 11.6. The number of aromatic nitrogens is 4. The highest BCUT2D eigenvalue weighted by Crippen LogP contribution is 2.28. The smallest absolute Gasteiger partial charge is 0.247 e. The zero-order chi connectivity index (χ0) is 24.9. The molecular formula is C26H26N8O2. The van der Waals surface area contributed by atoms with Crippen molar-refractivity contribution in [3.63, 3.8) is 0 Å². The van der Waals surface area contributed by atoms with E-state index in [4.69, 9.17) is 15.5 Å². The molecule has 36 heavy (non-hydrogen) atoms. The van der Waals surface area contributed by atoms with Gasteiger partial charge in [0.25, 0.3) is 0 Å². The Kier molecular flexibility index (Phi) is 6.78. The van der Waals surface area contributed by atoms with E-state index in [2.05, 4.69) is 37.1 Å². The summed E-state index contributed by atoms with van der Waals surface area (Å²) in [5.74, 6) is 1.03. The van der Waals surface area contributed by atoms with Crippen LogP contribution in [-0.2, 0) is 9.53 Å². The molecule has 0 aliphatic carbocycles. The minimum Gasteiger partial charge on any atom is -0.373 e. The summed E-state index contributed by atoms with van der Waals surface area (Å²) in [7, 11) is 0. The van der Waals surface area contributed by atoms with Crippen LogP contribution < -0.4 is 21.3 Å². The Labute approximate surface area is 208 Å². The van der Waals surface area contributed by atoms with Crippen LogP contribution in [0.3, 0.4) is 0 Å². The normalized spacial score (nSPS) is 15.5. The van der Waals surface area contributed by atoms with Crippen molar-refractivity contribution in [1.29, 1.82) is 0 Å². The van der Waals surface area contributed by atoms with Gasteiger partial charge in [-0.2, -0.15) is 0 Å². The molecule has 10 heteroatoms. The maximum Gasteiger partial charge on any atom is 0.247 e. The summed E-state index contributed by atoms with van der Waals surface area (Å²) < 4.78 is 5.64. The van der Waals surface area contributed by atoms with Crippen molar-refractivity contribution in [2.24, 2.45) is 5.73 Å². The van der Waals surface area contributed by atoms with Gasteiger partial charge in [-0.1, -0.05) is 24.8 Å². The van der Waals surface area contributed by atoms with Crippen LogP contribution >= 0.6 is 0 Å². The van der Waals surface area contributed by atoms with Gasteiger partial charge in [0.1, 0.15) is 5.82 Å². The number of para-hydroxylation sites is 1. The molecule has 0 saturated carbocycles. The highest BCUT2D eigenvalue weighted by molar-refractivity contribution is 5.99. The third kappa shape index (κ3) is 5.14. The van der Waals surface area contributed by atoms with Crippen molar-refractivity contribution in [1.82, 2.24) is 19.9 Å². The van der Waals surface area contributed by atoms with Gasteiger partial charge < -0.3 is 26.0 Å². The topological polar surface area (TPSA) is 131 Å². The van der Waals surface area contributed by atoms with Crippen molar-refractivity contribution in [3.8, 4) is 11.3 Å². The molecule has 0 bridgehead atoms. The monoisotopic (exact) mass is 482 g/mol. The van der Waals surface area contributed by atoms with Crippen molar-refractivity contribution in [3.05, 3.63) is 73.7 Å². The summed E-state index contributed by atoms with van der Waals surface area (Å²) in [4.78, 5) is 32.2. The van der Waals surface area contributed by atoms with Crippen LogP contribution in [0.4, 0.5) is 23.1 Å². The van der Waals surface area contributed by atoms with Gasteiger partial charge in [-0.05, 0) is 30.3 Å². The number of hydrogen-bond acceptors (Lipinski definition) is 9. The van der Waals surface area contributed by atoms with E-state index in [9.17, 15) is 4.79 Å². The summed E-state index contributed by atoms with van der Waals surface area (Å²) in [6.45, 7) is 6.11. The van der Waals surface area contributed by atoms with Gasteiger partial charge in [-0.3, -0.25) is 9.78 Å². The molecule has 1 atom stereocenters. The molecule has 1 aliphatic heterocycles. The summed E-state index contributed by atoms with van der Waals surface area (Å²) in [5, 5.41) is 6.87. The molecule has 5 rings (SSSR count). The number of nitrogens with one attached hydrogen (secondary N) is 2. The van der Waals surface area contributed by atoms with Crippen LogP contribution in [0.2, 0.25) is 0 Å². The Morgan fingerprint density at radius 1 is 1.17 bits per heavy atom. The van der Waals surface area contributed by atoms with Gasteiger partial charge in [-0.25, -0.2) is 15.0 Å². The lowest BCUT2D eigenvalue weighted by molar-refractivity contribution is -0.111. The molecule has 1 amide bonds. The second-order valence-corrected chi connectivity index (χ2v) is 8.26. The largest absolute Gasteiger partial charge is 0.373 e. The number of rotatable bonds is 7. The standard InChI is InChI=1S/C26H26N8O2/c1-2-24(35)31-18-8-9-28-22(12-18)21-5-3-4-17-14-30-26(33-25(17)21)32-19-6-7-23(29-15-19)34-10-11-36-20(13-27)16-34/h2-9,12,14-15,20H,1,10-11,13,16,27H2,(H,28,31,35)(H,30,32,33). The zero-order valence-electron chi connectivity index (χ0n) is 19.6. The van der Waals surface area contributed by atoms with E-state index in [1.165, 1.54) is 6.08 Å². The number of morpholine rings is 1. The first-order chi connectivity index (χ1) is 17.6. The average Bonchev–Trinajstić information content (AvgIpc) is 2.93. The summed E-state index contributed by atoms with van der Waals surface area (Å²) in [6, 6.07) is 13.2. The predicted octanol–water partition coefficient (Wildman–Crippen LogP) is 3.12. The molecule has 4 aromatic rings. The van der Waals surface area contributed by atoms with Crippen LogP contribution in [0.5, 0.6) is 0 Å². The molecule has 182 valence electrons. The lowest BCUT2D eigenvalue weighted by Gasteiger charge is -2.33. The van der Waals surface area contributed by atoms with Gasteiger partial charge in [-0.15, -0.1) is 0 Å². The highest BCUT2D eigenvalue weighted by Gasteiger charge is 2.20. The molecule has 1 unspecified atom stereocenters. The SMILES string of the molecule is C=CC(=O)Nc1ccnc(-c2cccc3cnc(Nc4ccc(N5CCOC(CN)C5)nc4)nc23)c1. The van der Waals surface area contributed by atoms with Gasteiger partial charge >= 0.3 is 0 Å². The van der Waals surface area contributed by atoms with E-state index in [-0.39, 0.29) is 12.0 Å². The number of ether oxygens (including phenoxy) is 1. The Bertz CT molecular complexity index is 1390. The molecule has 0 radical (unpaired) electrons. The molecule has 4 heterocycles. The van der Waals surface area contributed by atoms with Crippen LogP contribution in [-0.4, -0.2) is 58.2 Å². The molecular weight excluding hydrogens is 456 g/mol. The number of amides is 1. The van der Waals surface area contributed by atoms with Crippen molar-refractivity contribution in [2.75, 3.05) is 41.8 Å². The van der Waals surface area contributed by atoms with E-state index < -0.39 is 0 Å². The van der Waals surface area contributed by atoms with Crippen molar-refractivity contribution >= 4 is 40.0 Å². The van der Waals surface area contributed by atoms with E-state index >= 15 is 0 Å². The summed E-state index contributed by atoms with van der Waals surface area (Å²) in [6.07, 6.45) is 6.41. The number of carbonyl (C=O) groups is 1. The number of nitrogens with zero attached hydrogens (tertiary/aromatic N) is 5. The fourth-order valence-corrected chi connectivity index (χ4v) is 4.02. The van der Waals surface area contributed by atoms with Crippen molar-refractivity contribution in [2.45, 2.75) is 6.10 Å². The number of nitrogens with two attached hydrogens (primary N) is 1. The maximum absolute atomic E-state index is 11.7. The van der Waals surface area contributed by atoms with Crippen LogP contribution in [0.1, 0.15) is 0 Å². The summed E-state index contributed by atoms with van der Waals surface area (Å²) in [5.41, 5.74) is 9.39. The number of pyridine rings is 2. The molecule has 1 fully saturated rings. The second kappa shape index (κ2) is 10.5. The predicted molar refractivity (Wildman–Crippen MR) is 140 cm³/mol. The second-order valence-electron chi connectivity index (χ2n) is 8.26. The Balaban J connectivity index is 1.38. The maximum atomic E-state index is 11.7. The van der Waals surface area contributed by atoms with Gasteiger partial charge in [0.2, 0.25) is 11.9 Å². The number of benzene rings is 1. The molecule has 3 aromatic heterocycles. The quantitative estimate of drug-likeness (QED) is 0.340. The van der Waals surface area contributed by atoms with E-state index in [1.54, 1.807) is 30.7 Å². The molecule has 10 nitrogen and oxygen atoms in total. The Morgan fingerprint density at radius 3 is 2.89 bits per heavy atom. The Hall–Kier alpha value is -4.41. The average molecular weight is 483 g/mol. The lowest BCUT2D eigenvalue weighted by Crippen LogP contribution is -2.46. The van der Waals surface area contributed by atoms with Crippen LogP contribution in [0.25, 0.3) is 22.2 Å². The third-order valence-electron chi connectivity index (χ3n) is 5.83. The minimum absolute atomic E-state index is 0.0204. The van der Waals surface area contributed by atoms with Crippen LogP contribution in [0.15, 0.2) is 73.7 Å². The molecule has 1 aromatic carbocycles. The van der Waals surface area contributed by atoms with Gasteiger partial charge in [0.15, 0.2) is 0 Å². The number of anilines is 4. The first-order valence-electron chi connectivity index (χ1n) is 11.6. The fraction of sp³-hybridized carbons (Fsp3) is 0.192. The van der Waals surface area contributed by atoms with Gasteiger partial charge in [0, 0.05) is 48.7 Å². The Morgan fingerprint density at radius 2 is 2.08 bits per heavy atom. The lowest BCUT2D eigenvalue weighted by atomic mass is 10.1. The molecule has 0 spiro atoms. The number of hydrogen-bond donors (Lipinski definition) is 3. The molecule has 4 N–H and O–H groups in total.